The van der Waals surface area contributed by atoms with Crippen molar-refractivity contribution in [3.05, 3.63) is 39.9 Å². The number of piperidine rings is 1. The Morgan fingerprint density at radius 2 is 1.78 bits per heavy atom. The molecule has 1 N–H and O–H groups in total. The minimum atomic E-state index is -0.328. The Bertz CT molecular complexity index is 848. The molecule has 27 heavy (non-hydrogen) atoms. The van der Waals surface area contributed by atoms with Gasteiger partial charge in [0.1, 0.15) is 11.5 Å². The average molecular weight is 409 g/mol. The summed E-state index contributed by atoms with van der Waals surface area (Å²) in [5.41, 5.74) is 0.535. The van der Waals surface area contributed by atoms with Crippen LogP contribution >= 0.6 is 23.2 Å². The number of amides is 1. The van der Waals surface area contributed by atoms with E-state index in [4.69, 9.17) is 23.2 Å². The normalized spacial score (nSPS) is 24.7. The lowest BCUT2D eigenvalue weighted by Crippen LogP contribution is -2.48. The predicted octanol–water partition coefficient (Wildman–Crippen LogP) is 3.83. The van der Waals surface area contributed by atoms with E-state index in [0.717, 1.165) is 12.8 Å². The number of para-hydroxylation sites is 1. The van der Waals surface area contributed by atoms with Crippen molar-refractivity contribution in [2.24, 2.45) is 0 Å². The largest absolute Gasteiger partial charge is 0.393 e. The SMILES string of the molecule is CC(C)c1nc(C(=O)N2C3CCC2CC(O)C3)nn1-c1c(Cl)cccc1Cl. The van der Waals surface area contributed by atoms with E-state index < -0.39 is 0 Å². The summed E-state index contributed by atoms with van der Waals surface area (Å²) in [6.45, 7) is 3.97. The van der Waals surface area contributed by atoms with Gasteiger partial charge in [-0.1, -0.05) is 43.1 Å². The minimum Gasteiger partial charge on any atom is -0.393 e. The monoisotopic (exact) mass is 408 g/mol. The zero-order chi connectivity index (χ0) is 19.3. The number of aromatic nitrogens is 3. The predicted molar refractivity (Wildman–Crippen MR) is 104 cm³/mol. The van der Waals surface area contributed by atoms with Crippen LogP contribution < -0.4 is 0 Å². The van der Waals surface area contributed by atoms with Crippen molar-refractivity contribution >= 4 is 29.1 Å². The minimum absolute atomic E-state index is 0.0336. The van der Waals surface area contributed by atoms with Crippen molar-refractivity contribution in [1.82, 2.24) is 19.7 Å². The van der Waals surface area contributed by atoms with Gasteiger partial charge in [0, 0.05) is 18.0 Å². The molecule has 0 saturated carbocycles. The van der Waals surface area contributed by atoms with Crippen molar-refractivity contribution in [1.29, 1.82) is 0 Å². The van der Waals surface area contributed by atoms with Gasteiger partial charge in [0.25, 0.3) is 5.91 Å². The van der Waals surface area contributed by atoms with E-state index in [1.807, 2.05) is 18.7 Å². The molecule has 4 rings (SSSR count). The molecular formula is C19H22Cl2N4O2. The van der Waals surface area contributed by atoms with Crippen molar-refractivity contribution in [3.63, 3.8) is 0 Å². The van der Waals surface area contributed by atoms with Gasteiger partial charge in [0.2, 0.25) is 5.82 Å². The average Bonchev–Trinajstić information content (AvgIpc) is 3.14. The van der Waals surface area contributed by atoms with Crippen LogP contribution in [0.4, 0.5) is 0 Å². The maximum absolute atomic E-state index is 13.2. The van der Waals surface area contributed by atoms with Crippen LogP contribution in [0, 0.1) is 0 Å². The Morgan fingerprint density at radius 3 is 2.33 bits per heavy atom. The zero-order valence-electron chi connectivity index (χ0n) is 15.3. The molecule has 2 fully saturated rings. The number of carbonyl (C=O) groups is 1. The van der Waals surface area contributed by atoms with Gasteiger partial charge in [-0.3, -0.25) is 4.79 Å². The van der Waals surface area contributed by atoms with Gasteiger partial charge >= 0.3 is 0 Å². The number of aliphatic hydroxyl groups is 1. The summed E-state index contributed by atoms with van der Waals surface area (Å²) in [5, 5.41) is 15.4. The second kappa shape index (κ2) is 7.08. The van der Waals surface area contributed by atoms with Crippen molar-refractivity contribution in [2.75, 3.05) is 0 Å². The highest BCUT2D eigenvalue weighted by molar-refractivity contribution is 6.37. The third kappa shape index (κ3) is 3.24. The van der Waals surface area contributed by atoms with E-state index in [-0.39, 0.29) is 35.8 Å². The smallest absolute Gasteiger partial charge is 0.294 e. The van der Waals surface area contributed by atoms with E-state index >= 15 is 0 Å². The van der Waals surface area contributed by atoms with Crippen molar-refractivity contribution in [3.8, 4) is 5.69 Å². The third-order valence-corrected chi connectivity index (χ3v) is 6.04. The fourth-order valence-electron chi connectivity index (χ4n) is 4.24. The number of aliphatic hydroxyl groups excluding tert-OH is 1. The molecule has 0 aliphatic carbocycles. The summed E-state index contributed by atoms with van der Waals surface area (Å²) in [7, 11) is 0. The molecule has 1 aromatic heterocycles. The Labute approximate surface area is 168 Å². The van der Waals surface area contributed by atoms with Crippen LogP contribution in [-0.2, 0) is 0 Å². The Balaban J connectivity index is 1.74. The van der Waals surface area contributed by atoms with Crippen LogP contribution in [0.1, 0.15) is 61.9 Å². The molecule has 2 aromatic rings. The van der Waals surface area contributed by atoms with E-state index in [0.29, 0.717) is 34.4 Å². The fraction of sp³-hybridized carbons (Fsp3) is 0.526. The van der Waals surface area contributed by atoms with E-state index in [9.17, 15) is 9.90 Å². The highest BCUT2D eigenvalue weighted by Crippen LogP contribution is 2.37. The maximum atomic E-state index is 13.2. The molecule has 144 valence electrons. The van der Waals surface area contributed by atoms with Gasteiger partial charge in [-0.2, -0.15) is 0 Å². The highest BCUT2D eigenvalue weighted by atomic mass is 35.5. The molecule has 2 aliphatic heterocycles. The lowest BCUT2D eigenvalue weighted by Gasteiger charge is -2.36. The third-order valence-electron chi connectivity index (χ3n) is 5.43. The van der Waals surface area contributed by atoms with Crippen molar-refractivity contribution in [2.45, 2.75) is 63.6 Å². The molecule has 3 heterocycles. The summed E-state index contributed by atoms with van der Waals surface area (Å²) in [4.78, 5) is 19.6. The number of hydrogen-bond acceptors (Lipinski definition) is 4. The Morgan fingerprint density at radius 1 is 1.19 bits per heavy atom. The number of benzene rings is 1. The first-order chi connectivity index (χ1) is 12.9. The Kier molecular flexibility index (Phi) is 4.91. The molecular weight excluding hydrogens is 387 g/mol. The maximum Gasteiger partial charge on any atom is 0.294 e. The van der Waals surface area contributed by atoms with Gasteiger partial charge in [-0.05, 0) is 37.8 Å². The summed E-state index contributed by atoms with van der Waals surface area (Å²) in [5.74, 6) is 0.644. The van der Waals surface area contributed by atoms with Crippen LogP contribution in [-0.4, -0.2) is 48.9 Å². The van der Waals surface area contributed by atoms with Gasteiger partial charge in [-0.25, -0.2) is 9.67 Å². The van der Waals surface area contributed by atoms with Crippen LogP contribution in [0.5, 0.6) is 0 Å². The first-order valence-electron chi connectivity index (χ1n) is 9.29. The van der Waals surface area contributed by atoms with Crippen LogP contribution in [0.25, 0.3) is 5.69 Å². The van der Waals surface area contributed by atoms with Crippen LogP contribution in [0.3, 0.4) is 0 Å². The van der Waals surface area contributed by atoms with Crippen LogP contribution in [0.15, 0.2) is 18.2 Å². The fourth-order valence-corrected chi connectivity index (χ4v) is 4.80. The summed E-state index contributed by atoms with van der Waals surface area (Å²) in [6, 6.07) is 5.36. The molecule has 8 heteroatoms. The van der Waals surface area contributed by atoms with E-state index in [1.165, 1.54) is 0 Å². The van der Waals surface area contributed by atoms with Gasteiger partial charge in [0.15, 0.2) is 0 Å². The molecule has 2 aliphatic rings. The number of hydrogen-bond donors (Lipinski definition) is 1. The topological polar surface area (TPSA) is 71.2 Å². The molecule has 2 atom stereocenters. The molecule has 2 bridgehead atoms. The first-order valence-corrected chi connectivity index (χ1v) is 10.0. The standard InChI is InChI=1S/C19H22Cl2N4O2/c1-10(2)18-22-17(23-25(18)16-14(20)4-3-5-15(16)21)19(27)24-11-6-7-12(24)9-13(26)8-11/h3-5,10-13,26H,6-9H2,1-2H3. The quantitative estimate of drug-likeness (QED) is 0.837. The summed E-state index contributed by atoms with van der Waals surface area (Å²) < 4.78 is 1.59. The molecule has 0 spiro atoms. The highest BCUT2D eigenvalue weighted by Gasteiger charge is 2.44. The second-order valence-electron chi connectivity index (χ2n) is 7.65. The molecule has 6 nitrogen and oxygen atoms in total. The molecule has 1 amide bonds. The summed E-state index contributed by atoms with van der Waals surface area (Å²) in [6.07, 6.45) is 2.75. The van der Waals surface area contributed by atoms with Gasteiger partial charge < -0.3 is 10.0 Å². The first kappa shape index (κ1) is 18.7. The number of carbonyl (C=O) groups excluding carboxylic acids is 1. The molecule has 2 saturated heterocycles. The Hall–Kier alpha value is -1.63. The lowest BCUT2D eigenvalue weighted by molar-refractivity contribution is 0.0278. The van der Waals surface area contributed by atoms with Crippen LogP contribution in [0.2, 0.25) is 10.0 Å². The number of nitrogens with zero attached hydrogens (tertiary/aromatic N) is 4. The molecule has 2 unspecified atom stereocenters. The molecule has 1 aromatic carbocycles. The zero-order valence-corrected chi connectivity index (χ0v) is 16.8. The number of halogens is 2. The van der Waals surface area contributed by atoms with Crippen molar-refractivity contribution < 1.29 is 9.90 Å². The molecule has 0 radical (unpaired) electrons. The number of rotatable bonds is 3. The summed E-state index contributed by atoms with van der Waals surface area (Å²) >= 11 is 12.7. The lowest BCUT2D eigenvalue weighted by atomic mass is 10.00. The number of fused-ring (bicyclic) bond motifs is 2. The van der Waals surface area contributed by atoms with E-state index in [1.54, 1.807) is 22.9 Å². The second-order valence-corrected chi connectivity index (χ2v) is 8.47. The van der Waals surface area contributed by atoms with E-state index in [2.05, 4.69) is 10.1 Å². The van der Waals surface area contributed by atoms with Gasteiger partial charge in [0.05, 0.1) is 16.1 Å². The van der Waals surface area contributed by atoms with Gasteiger partial charge in [-0.15, -0.1) is 5.10 Å².